The van der Waals surface area contributed by atoms with Crippen molar-refractivity contribution in [2.24, 2.45) is 16.1 Å². The summed E-state index contributed by atoms with van der Waals surface area (Å²) in [6.45, 7) is 12.0. The van der Waals surface area contributed by atoms with Gasteiger partial charge in [0.15, 0.2) is 5.96 Å². The second-order valence-electron chi connectivity index (χ2n) is 7.71. The second kappa shape index (κ2) is 8.92. The summed E-state index contributed by atoms with van der Waals surface area (Å²) in [5.74, 6) is 0.947. The van der Waals surface area contributed by atoms with Crippen molar-refractivity contribution in [3.8, 4) is 0 Å². The Hall–Kier alpha value is -1.24. The monoisotopic (exact) mass is 363 g/mol. The highest BCUT2D eigenvalue weighted by Crippen LogP contribution is 2.25. The number of aliphatic imine (C=N–C) groups is 1. The van der Waals surface area contributed by atoms with E-state index in [9.17, 15) is 0 Å². The topological polar surface area (TPSA) is 65.7 Å². The molecular formula is C19H33N5S. The van der Waals surface area contributed by atoms with Gasteiger partial charge in [0.25, 0.3) is 0 Å². The lowest BCUT2D eigenvalue weighted by Crippen LogP contribution is -2.57. The van der Waals surface area contributed by atoms with Crippen molar-refractivity contribution in [1.82, 2.24) is 10.2 Å². The summed E-state index contributed by atoms with van der Waals surface area (Å²) < 4.78 is 0. The molecule has 1 saturated heterocycles. The normalized spacial score (nSPS) is 22.2. The fourth-order valence-electron chi connectivity index (χ4n) is 2.94. The maximum absolute atomic E-state index is 5.90. The molecule has 6 heteroatoms. The first-order chi connectivity index (χ1) is 11.8. The zero-order chi connectivity index (χ0) is 18.4. The number of thioether (sulfide) groups is 1. The van der Waals surface area contributed by atoms with Crippen molar-refractivity contribution in [2.45, 2.75) is 44.7 Å². The first-order valence-electron chi connectivity index (χ1n) is 9.00. The smallest absolute Gasteiger partial charge is 0.198 e. The molecule has 2 atom stereocenters. The average Bonchev–Trinajstić information content (AvgIpc) is 2.58. The quantitative estimate of drug-likeness (QED) is 0.426. The Morgan fingerprint density at radius 1 is 1.32 bits per heavy atom. The van der Waals surface area contributed by atoms with E-state index >= 15 is 0 Å². The number of piperazine rings is 1. The molecule has 0 aliphatic carbocycles. The third-order valence-corrected chi connectivity index (χ3v) is 5.22. The third kappa shape index (κ3) is 5.90. The predicted octanol–water partition coefficient (Wildman–Crippen LogP) is 2.84. The first kappa shape index (κ1) is 20.1. The van der Waals surface area contributed by atoms with E-state index < -0.39 is 0 Å². The fraction of sp³-hybridized carbons (Fsp3) is 0.632. The number of hydrogen-bond acceptors (Lipinski definition) is 4. The second-order valence-corrected chi connectivity index (χ2v) is 8.56. The van der Waals surface area contributed by atoms with Crippen LogP contribution in [0.2, 0.25) is 0 Å². The molecule has 25 heavy (non-hydrogen) atoms. The van der Waals surface area contributed by atoms with Gasteiger partial charge < -0.3 is 21.3 Å². The van der Waals surface area contributed by atoms with Crippen LogP contribution >= 0.6 is 11.8 Å². The number of nitrogens with one attached hydrogen (secondary N) is 2. The number of rotatable bonds is 5. The number of guanidine groups is 1. The van der Waals surface area contributed by atoms with E-state index in [0.717, 1.165) is 24.7 Å². The standard InChI is InChI=1S/C19H33N5S/c1-14-10-24(11-15(2)22-14)18(21-13-19(3,4)12-20)23-16-8-6-7-9-17(16)25-5/h6-9,14-15,22H,10-13,20H2,1-5H3,(H,21,23). The number of nitrogens with two attached hydrogens (primary N) is 1. The van der Waals surface area contributed by atoms with E-state index in [-0.39, 0.29) is 5.41 Å². The van der Waals surface area contributed by atoms with Gasteiger partial charge in [0, 0.05) is 36.6 Å². The molecule has 1 fully saturated rings. The minimum absolute atomic E-state index is 0.00275. The Morgan fingerprint density at radius 2 is 1.96 bits per heavy atom. The molecule has 140 valence electrons. The molecule has 0 aromatic heterocycles. The van der Waals surface area contributed by atoms with Crippen molar-refractivity contribution in [3.63, 3.8) is 0 Å². The maximum atomic E-state index is 5.90. The molecule has 2 rings (SSSR count). The van der Waals surface area contributed by atoms with Gasteiger partial charge >= 0.3 is 0 Å². The number of benzene rings is 1. The molecule has 1 aromatic carbocycles. The molecule has 2 unspecified atom stereocenters. The van der Waals surface area contributed by atoms with E-state index in [1.54, 1.807) is 11.8 Å². The molecule has 0 radical (unpaired) electrons. The lowest BCUT2D eigenvalue weighted by Gasteiger charge is -2.38. The molecule has 1 aliphatic rings. The van der Waals surface area contributed by atoms with Crippen LogP contribution in [-0.2, 0) is 0 Å². The van der Waals surface area contributed by atoms with Gasteiger partial charge in [-0.1, -0.05) is 26.0 Å². The molecule has 1 heterocycles. The molecule has 0 saturated carbocycles. The maximum Gasteiger partial charge on any atom is 0.198 e. The largest absolute Gasteiger partial charge is 0.340 e. The third-order valence-electron chi connectivity index (χ3n) is 4.42. The molecule has 4 N–H and O–H groups in total. The minimum Gasteiger partial charge on any atom is -0.340 e. The molecule has 1 aliphatic heterocycles. The van der Waals surface area contributed by atoms with Crippen LogP contribution in [0.3, 0.4) is 0 Å². The van der Waals surface area contributed by atoms with Crippen molar-refractivity contribution in [3.05, 3.63) is 24.3 Å². The number of para-hydroxylation sites is 1. The summed E-state index contributed by atoms with van der Waals surface area (Å²) in [6, 6.07) is 9.26. The highest BCUT2D eigenvalue weighted by Gasteiger charge is 2.25. The highest BCUT2D eigenvalue weighted by atomic mass is 32.2. The van der Waals surface area contributed by atoms with Gasteiger partial charge in [-0.3, -0.25) is 4.99 Å². The number of nitrogens with zero attached hydrogens (tertiary/aromatic N) is 2. The number of hydrogen-bond donors (Lipinski definition) is 3. The molecular weight excluding hydrogens is 330 g/mol. The van der Waals surface area contributed by atoms with Crippen LogP contribution in [0.5, 0.6) is 0 Å². The Morgan fingerprint density at radius 3 is 2.56 bits per heavy atom. The van der Waals surface area contributed by atoms with Crippen molar-refractivity contribution in [2.75, 3.05) is 37.8 Å². The van der Waals surface area contributed by atoms with Crippen LogP contribution in [-0.4, -0.2) is 55.4 Å². The van der Waals surface area contributed by atoms with Gasteiger partial charge in [0.1, 0.15) is 0 Å². The van der Waals surface area contributed by atoms with Crippen LogP contribution in [0.25, 0.3) is 0 Å². The van der Waals surface area contributed by atoms with Gasteiger partial charge in [-0.15, -0.1) is 11.8 Å². The highest BCUT2D eigenvalue weighted by molar-refractivity contribution is 7.98. The first-order valence-corrected chi connectivity index (χ1v) is 10.2. The molecule has 1 aromatic rings. The van der Waals surface area contributed by atoms with Crippen molar-refractivity contribution >= 4 is 23.4 Å². The van der Waals surface area contributed by atoms with Crippen LogP contribution in [0.4, 0.5) is 5.69 Å². The van der Waals surface area contributed by atoms with Gasteiger partial charge in [-0.2, -0.15) is 0 Å². The van der Waals surface area contributed by atoms with Gasteiger partial charge in [0.05, 0.1) is 5.69 Å². The van der Waals surface area contributed by atoms with E-state index in [0.29, 0.717) is 25.2 Å². The van der Waals surface area contributed by atoms with E-state index in [4.69, 9.17) is 10.7 Å². The van der Waals surface area contributed by atoms with Crippen LogP contribution in [0, 0.1) is 5.41 Å². The zero-order valence-electron chi connectivity index (χ0n) is 16.2. The molecule has 0 amide bonds. The summed E-state index contributed by atoms with van der Waals surface area (Å²) in [5, 5.41) is 7.18. The Bertz CT molecular complexity index is 577. The van der Waals surface area contributed by atoms with Crippen LogP contribution in [0.15, 0.2) is 34.2 Å². The lowest BCUT2D eigenvalue weighted by molar-refractivity contribution is 0.253. The van der Waals surface area contributed by atoms with E-state index in [1.807, 2.05) is 0 Å². The van der Waals surface area contributed by atoms with E-state index in [1.165, 1.54) is 4.90 Å². The van der Waals surface area contributed by atoms with Crippen molar-refractivity contribution < 1.29 is 0 Å². The van der Waals surface area contributed by atoms with Gasteiger partial charge in [0.2, 0.25) is 0 Å². The summed E-state index contributed by atoms with van der Waals surface area (Å²) in [6.07, 6.45) is 2.10. The Labute approximate surface area is 156 Å². The minimum atomic E-state index is -0.00275. The van der Waals surface area contributed by atoms with Crippen LogP contribution in [0.1, 0.15) is 27.7 Å². The number of anilines is 1. The fourth-order valence-corrected chi connectivity index (χ4v) is 3.49. The zero-order valence-corrected chi connectivity index (χ0v) is 17.0. The lowest BCUT2D eigenvalue weighted by atomic mass is 9.94. The Kier molecular flexibility index (Phi) is 7.16. The SMILES string of the molecule is CSc1ccccc1NC(=NCC(C)(C)CN)N1CC(C)NC(C)C1. The summed E-state index contributed by atoms with van der Waals surface area (Å²) >= 11 is 1.74. The predicted molar refractivity (Wildman–Crippen MR) is 111 cm³/mol. The van der Waals surface area contributed by atoms with Crippen LogP contribution < -0.4 is 16.4 Å². The molecule has 5 nitrogen and oxygen atoms in total. The average molecular weight is 364 g/mol. The molecule has 0 bridgehead atoms. The van der Waals surface area contributed by atoms with Crippen molar-refractivity contribution in [1.29, 1.82) is 0 Å². The summed E-state index contributed by atoms with van der Waals surface area (Å²) in [4.78, 5) is 8.53. The Balaban J connectivity index is 2.26. The summed E-state index contributed by atoms with van der Waals surface area (Å²) in [7, 11) is 0. The van der Waals surface area contributed by atoms with Gasteiger partial charge in [-0.05, 0) is 44.2 Å². The van der Waals surface area contributed by atoms with Gasteiger partial charge in [-0.25, -0.2) is 0 Å². The van der Waals surface area contributed by atoms with E-state index in [2.05, 4.69) is 73.7 Å². The molecule has 0 spiro atoms. The summed E-state index contributed by atoms with van der Waals surface area (Å²) in [5.41, 5.74) is 7.00.